The summed E-state index contributed by atoms with van der Waals surface area (Å²) in [4.78, 5) is 0. The summed E-state index contributed by atoms with van der Waals surface area (Å²) in [5.41, 5.74) is 0. The van der Waals surface area contributed by atoms with Gasteiger partial charge in [0.1, 0.15) is 0 Å². The second kappa shape index (κ2) is 3.28. The molecule has 0 spiro atoms. The SMILES string of the molecule is c1ccc2c(c1)Oc1ccccc1[I-]2. The zero-order chi connectivity index (χ0) is 9.38. The number of benzene rings is 2. The van der Waals surface area contributed by atoms with Gasteiger partial charge < -0.3 is 0 Å². The van der Waals surface area contributed by atoms with Crippen molar-refractivity contribution in [1.82, 2.24) is 0 Å². The van der Waals surface area contributed by atoms with Crippen LogP contribution in [0.3, 0.4) is 0 Å². The van der Waals surface area contributed by atoms with Crippen LogP contribution in [0.1, 0.15) is 0 Å². The average molecular weight is 295 g/mol. The van der Waals surface area contributed by atoms with Gasteiger partial charge in [-0.2, -0.15) is 0 Å². The van der Waals surface area contributed by atoms with Gasteiger partial charge in [-0.1, -0.05) is 0 Å². The van der Waals surface area contributed by atoms with Gasteiger partial charge in [0.05, 0.1) is 0 Å². The van der Waals surface area contributed by atoms with Gasteiger partial charge in [-0.3, -0.25) is 0 Å². The Morgan fingerprint density at radius 3 is 1.79 bits per heavy atom. The van der Waals surface area contributed by atoms with E-state index < -0.39 is 0 Å². The Morgan fingerprint density at radius 2 is 1.21 bits per heavy atom. The third-order valence-corrected chi connectivity index (χ3v) is 5.04. The van der Waals surface area contributed by atoms with Gasteiger partial charge in [-0.05, 0) is 0 Å². The Morgan fingerprint density at radius 1 is 0.714 bits per heavy atom. The molecule has 1 nitrogen and oxygen atoms in total. The standard InChI is InChI=1S/C12H8IO/c1-3-7-11-9(5-1)13-10-6-2-4-8-12(10)14-11/h1-8H/q-1. The summed E-state index contributed by atoms with van der Waals surface area (Å²) in [5.74, 6) is 2.08. The molecule has 0 atom stereocenters. The van der Waals surface area contributed by atoms with Crippen LogP contribution >= 0.6 is 0 Å². The third-order valence-electron chi connectivity index (χ3n) is 2.10. The normalized spacial score (nSPS) is 13.1. The molecular weight excluding hydrogens is 287 g/mol. The van der Waals surface area contributed by atoms with Crippen LogP contribution in [0.25, 0.3) is 0 Å². The van der Waals surface area contributed by atoms with E-state index in [1.165, 1.54) is 7.14 Å². The van der Waals surface area contributed by atoms with E-state index in [0.29, 0.717) is 0 Å². The Labute approximate surface area is 93.0 Å². The molecule has 0 radical (unpaired) electrons. The third kappa shape index (κ3) is 1.30. The quantitative estimate of drug-likeness (QED) is 0.527. The van der Waals surface area contributed by atoms with E-state index >= 15 is 0 Å². The molecule has 14 heavy (non-hydrogen) atoms. The molecule has 1 heterocycles. The fourth-order valence-corrected chi connectivity index (χ4v) is 3.95. The van der Waals surface area contributed by atoms with Gasteiger partial charge in [0, 0.05) is 0 Å². The summed E-state index contributed by atoms with van der Waals surface area (Å²) in [6.07, 6.45) is 0. The molecule has 0 aromatic heterocycles. The van der Waals surface area contributed by atoms with E-state index in [1.807, 2.05) is 24.3 Å². The molecule has 1 aliphatic heterocycles. The number of rotatable bonds is 0. The Bertz CT molecular complexity index is 392. The van der Waals surface area contributed by atoms with Crippen LogP contribution in [0.2, 0.25) is 0 Å². The molecule has 0 N–H and O–H groups in total. The minimum atomic E-state index is -0.0497. The first-order valence-corrected chi connectivity index (χ1v) is 6.60. The Balaban J connectivity index is 2.12. The van der Waals surface area contributed by atoms with Gasteiger partial charge in [0.25, 0.3) is 0 Å². The predicted molar refractivity (Wildman–Crippen MR) is 50.4 cm³/mol. The molecular formula is C12H8IO-. The molecule has 2 aromatic rings. The summed E-state index contributed by atoms with van der Waals surface area (Å²) >= 11 is -0.0497. The molecule has 0 aliphatic carbocycles. The molecule has 0 unspecified atom stereocenters. The van der Waals surface area contributed by atoms with Crippen LogP contribution in [0, 0.1) is 7.14 Å². The first-order valence-electron chi connectivity index (χ1n) is 4.44. The first kappa shape index (κ1) is 8.29. The van der Waals surface area contributed by atoms with Crippen LogP contribution in [0.4, 0.5) is 0 Å². The van der Waals surface area contributed by atoms with Crippen LogP contribution in [-0.4, -0.2) is 0 Å². The second-order valence-corrected chi connectivity index (χ2v) is 5.92. The minimum absolute atomic E-state index is 0.0497. The predicted octanol–water partition coefficient (Wildman–Crippen LogP) is -0.0793. The van der Waals surface area contributed by atoms with E-state index in [9.17, 15) is 0 Å². The molecule has 2 aromatic carbocycles. The van der Waals surface area contributed by atoms with E-state index in [4.69, 9.17) is 4.74 Å². The van der Waals surface area contributed by atoms with Crippen molar-refractivity contribution in [3.05, 3.63) is 55.7 Å². The van der Waals surface area contributed by atoms with Gasteiger partial charge in [-0.25, -0.2) is 0 Å². The second-order valence-electron chi connectivity index (χ2n) is 3.06. The van der Waals surface area contributed by atoms with Crippen molar-refractivity contribution in [2.45, 2.75) is 0 Å². The Hall–Kier alpha value is -1.03. The van der Waals surface area contributed by atoms with Crippen molar-refractivity contribution in [3.63, 3.8) is 0 Å². The van der Waals surface area contributed by atoms with Crippen LogP contribution in [0.15, 0.2) is 48.5 Å². The van der Waals surface area contributed by atoms with E-state index in [2.05, 4.69) is 24.3 Å². The van der Waals surface area contributed by atoms with Crippen molar-refractivity contribution in [3.8, 4) is 11.5 Å². The Kier molecular flexibility index (Phi) is 1.94. The number of hydrogen-bond donors (Lipinski definition) is 0. The van der Waals surface area contributed by atoms with Gasteiger partial charge in [0.15, 0.2) is 0 Å². The zero-order valence-electron chi connectivity index (χ0n) is 7.41. The summed E-state index contributed by atoms with van der Waals surface area (Å²) in [6, 6.07) is 16.6. The van der Waals surface area contributed by atoms with E-state index in [1.54, 1.807) is 0 Å². The van der Waals surface area contributed by atoms with Crippen LogP contribution in [-0.2, 0) is 0 Å². The van der Waals surface area contributed by atoms with Crippen molar-refractivity contribution >= 4 is 0 Å². The number of para-hydroxylation sites is 2. The molecule has 3 rings (SSSR count). The molecule has 0 amide bonds. The van der Waals surface area contributed by atoms with Crippen molar-refractivity contribution in [2.24, 2.45) is 0 Å². The van der Waals surface area contributed by atoms with Gasteiger partial charge in [-0.15, -0.1) is 0 Å². The molecule has 0 bridgehead atoms. The topological polar surface area (TPSA) is 9.23 Å². The maximum absolute atomic E-state index is 5.80. The van der Waals surface area contributed by atoms with E-state index in [-0.39, 0.29) is 21.2 Å². The summed E-state index contributed by atoms with van der Waals surface area (Å²) < 4.78 is 8.56. The zero-order valence-corrected chi connectivity index (χ0v) is 9.56. The van der Waals surface area contributed by atoms with Crippen molar-refractivity contribution < 1.29 is 25.9 Å². The molecule has 2 heteroatoms. The first-order chi connectivity index (χ1) is 6.93. The van der Waals surface area contributed by atoms with Gasteiger partial charge in [0.2, 0.25) is 0 Å². The maximum atomic E-state index is 5.80. The number of ether oxygens (including phenoxy) is 1. The summed E-state index contributed by atoms with van der Waals surface area (Å²) in [5, 5.41) is 0. The molecule has 0 fully saturated rings. The fourth-order valence-electron chi connectivity index (χ4n) is 1.44. The number of hydrogen-bond acceptors (Lipinski definition) is 1. The van der Waals surface area contributed by atoms with Crippen LogP contribution < -0.4 is 25.9 Å². The molecule has 0 saturated heterocycles. The molecule has 0 saturated carbocycles. The molecule has 70 valence electrons. The summed E-state index contributed by atoms with van der Waals surface area (Å²) in [7, 11) is 0. The van der Waals surface area contributed by atoms with E-state index in [0.717, 1.165) is 11.5 Å². The van der Waals surface area contributed by atoms with Gasteiger partial charge >= 0.3 is 93.1 Å². The molecule has 1 aliphatic rings. The van der Waals surface area contributed by atoms with Crippen LogP contribution in [0.5, 0.6) is 11.5 Å². The summed E-state index contributed by atoms with van der Waals surface area (Å²) in [6.45, 7) is 0. The number of fused-ring (bicyclic) bond motifs is 2. The fraction of sp³-hybridized carbons (Fsp3) is 0. The monoisotopic (exact) mass is 295 g/mol. The van der Waals surface area contributed by atoms with Crippen molar-refractivity contribution in [2.75, 3.05) is 0 Å². The van der Waals surface area contributed by atoms with Crippen molar-refractivity contribution in [1.29, 1.82) is 0 Å². The average Bonchev–Trinajstić information content (AvgIpc) is 2.26. The number of halogens is 1.